The van der Waals surface area contributed by atoms with Crippen molar-refractivity contribution in [3.63, 3.8) is 0 Å². The molecule has 1 N–H and O–H groups in total. The first-order valence-electron chi connectivity index (χ1n) is 5.30. The molecule has 0 aliphatic heterocycles. The Bertz CT molecular complexity index is 343. The third-order valence-electron chi connectivity index (χ3n) is 2.27. The molecule has 2 heteroatoms. The van der Waals surface area contributed by atoms with Crippen LogP contribution in [0, 0.1) is 13.8 Å². The fourth-order valence-electron chi connectivity index (χ4n) is 1.73. The second-order valence-corrected chi connectivity index (χ2v) is 4.19. The lowest BCUT2D eigenvalue weighted by Gasteiger charge is -2.14. The predicted octanol–water partition coefficient (Wildman–Crippen LogP) is 2.93. The normalized spacial score (nSPS) is 12.3. The number of likely N-dealkylation sites (N-methyl/N-ethyl adjacent to an activating group) is 1. The molecule has 82 valence electrons. The number of pyridine rings is 1. The topological polar surface area (TPSA) is 24.9 Å². The first-order valence-corrected chi connectivity index (χ1v) is 5.30. The maximum absolute atomic E-state index is 4.38. The van der Waals surface area contributed by atoms with E-state index in [9.17, 15) is 0 Å². The Kier molecular flexibility index (Phi) is 4.04. The molecule has 1 heterocycles. The molecule has 0 saturated carbocycles. The van der Waals surface area contributed by atoms with Crippen LogP contribution < -0.4 is 5.32 Å². The van der Waals surface area contributed by atoms with Crippen LogP contribution in [-0.2, 0) is 0 Å². The molecule has 0 aliphatic rings. The number of allylic oxidation sites excluding steroid dienone is 1. The molecule has 0 fully saturated rings. The van der Waals surface area contributed by atoms with E-state index in [0.717, 1.165) is 11.4 Å². The average molecular weight is 204 g/mol. The second-order valence-electron chi connectivity index (χ2n) is 4.19. The Balaban J connectivity index is 3.07. The van der Waals surface area contributed by atoms with Crippen LogP contribution in [-0.4, -0.2) is 12.0 Å². The van der Waals surface area contributed by atoms with Crippen molar-refractivity contribution in [2.24, 2.45) is 0 Å². The predicted molar refractivity (Wildman–Crippen MR) is 64.9 cm³/mol. The Morgan fingerprint density at radius 1 is 1.27 bits per heavy atom. The summed E-state index contributed by atoms with van der Waals surface area (Å²) in [6, 6.07) is 4.55. The van der Waals surface area contributed by atoms with Gasteiger partial charge in [-0.2, -0.15) is 0 Å². The fourth-order valence-corrected chi connectivity index (χ4v) is 1.73. The van der Waals surface area contributed by atoms with Crippen molar-refractivity contribution in [3.05, 3.63) is 40.7 Å². The van der Waals surface area contributed by atoms with Gasteiger partial charge < -0.3 is 5.32 Å². The van der Waals surface area contributed by atoms with E-state index in [0.29, 0.717) is 0 Å². The molecule has 0 saturated heterocycles. The van der Waals surface area contributed by atoms with Gasteiger partial charge in [-0.15, -0.1) is 0 Å². The Morgan fingerprint density at radius 3 is 2.20 bits per heavy atom. The molecule has 0 aliphatic carbocycles. The summed E-state index contributed by atoms with van der Waals surface area (Å²) >= 11 is 0. The third-order valence-corrected chi connectivity index (χ3v) is 2.27. The van der Waals surface area contributed by atoms with Gasteiger partial charge in [0.2, 0.25) is 0 Å². The van der Waals surface area contributed by atoms with E-state index in [4.69, 9.17) is 0 Å². The zero-order chi connectivity index (χ0) is 11.4. The molecule has 0 bridgehead atoms. The molecular formula is C13H20N2. The SMILES string of the molecule is CNC(C=C(C)C)c1cc(C)nc(C)c1. The molecule has 0 aromatic carbocycles. The third kappa shape index (κ3) is 3.48. The molecule has 1 unspecified atom stereocenters. The number of hydrogen-bond donors (Lipinski definition) is 1. The molecule has 1 aromatic rings. The Morgan fingerprint density at radius 2 is 1.80 bits per heavy atom. The number of aromatic nitrogens is 1. The van der Waals surface area contributed by atoms with E-state index in [2.05, 4.69) is 42.4 Å². The van der Waals surface area contributed by atoms with Crippen LogP contribution in [0.15, 0.2) is 23.8 Å². The summed E-state index contributed by atoms with van der Waals surface area (Å²) in [7, 11) is 1.98. The highest BCUT2D eigenvalue weighted by molar-refractivity contribution is 5.27. The van der Waals surface area contributed by atoms with E-state index in [-0.39, 0.29) is 6.04 Å². The van der Waals surface area contributed by atoms with Gasteiger partial charge in [0.1, 0.15) is 0 Å². The van der Waals surface area contributed by atoms with Gasteiger partial charge in [-0.25, -0.2) is 0 Å². The maximum Gasteiger partial charge on any atom is 0.0507 e. The Labute approximate surface area is 92.4 Å². The average Bonchev–Trinajstić information content (AvgIpc) is 2.12. The van der Waals surface area contributed by atoms with Gasteiger partial charge in [-0.3, -0.25) is 4.98 Å². The van der Waals surface area contributed by atoms with Gasteiger partial charge >= 0.3 is 0 Å². The van der Waals surface area contributed by atoms with Crippen LogP contribution in [0.5, 0.6) is 0 Å². The highest BCUT2D eigenvalue weighted by Gasteiger charge is 2.07. The summed E-state index contributed by atoms with van der Waals surface area (Å²) in [5, 5.41) is 3.30. The number of hydrogen-bond acceptors (Lipinski definition) is 2. The maximum atomic E-state index is 4.38. The molecule has 0 radical (unpaired) electrons. The van der Waals surface area contributed by atoms with E-state index < -0.39 is 0 Å². The van der Waals surface area contributed by atoms with E-state index in [1.807, 2.05) is 20.9 Å². The molecule has 1 rings (SSSR count). The minimum Gasteiger partial charge on any atom is -0.310 e. The zero-order valence-electron chi connectivity index (χ0n) is 10.3. The van der Waals surface area contributed by atoms with Crippen molar-refractivity contribution < 1.29 is 0 Å². The first kappa shape index (κ1) is 11.9. The van der Waals surface area contributed by atoms with Crippen molar-refractivity contribution in [3.8, 4) is 0 Å². The summed E-state index contributed by atoms with van der Waals surface area (Å²) in [6.07, 6.45) is 2.23. The van der Waals surface area contributed by atoms with Gasteiger partial charge in [0, 0.05) is 11.4 Å². The monoisotopic (exact) mass is 204 g/mol. The number of nitrogens with one attached hydrogen (secondary N) is 1. The van der Waals surface area contributed by atoms with Crippen molar-refractivity contribution in [2.45, 2.75) is 33.7 Å². The van der Waals surface area contributed by atoms with Crippen LogP contribution in [0.4, 0.5) is 0 Å². The van der Waals surface area contributed by atoms with Crippen molar-refractivity contribution in [2.75, 3.05) is 7.05 Å². The molecule has 0 amide bonds. The van der Waals surface area contributed by atoms with Gasteiger partial charge in [0.05, 0.1) is 6.04 Å². The van der Waals surface area contributed by atoms with Crippen LogP contribution in [0.2, 0.25) is 0 Å². The lowest BCUT2D eigenvalue weighted by atomic mass is 10.0. The van der Waals surface area contributed by atoms with Crippen molar-refractivity contribution >= 4 is 0 Å². The lowest BCUT2D eigenvalue weighted by Crippen LogP contribution is -2.14. The second kappa shape index (κ2) is 5.08. The summed E-state index contributed by atoms with van der Waals surface area (Å²) in [5.74, 6) is 0. The van der Waals surface area contributed by atoms with Crippen LogP contribution in [0.3, 0.4) is 0 Å². The van der Waals surface area contributed by atoms with Crippen LogP contribution in [0.1, 0.15) is 36.8 Å². The summed E-state index contributed by atoms with van der Waals surface area (Å²) in [6.45, 7) is 8.30. The molecule has 15 heavy (non-hydrogen) atoms. The first-order chi connectivity index (χ1) is 7.02. The zero-order valence-corrected chi connectivity index (χ0v) is 10.3. The van der Waals surface area contributed by atoms with Gasteiger partial charge in [-0.1, -0.05) is 11.6 Å². The summed E-state index contributed by atoms with van der Waals surface area (Å²) < 4.78 is 0. The Hall–Kier alpha value is -1.15. The van der Waals surface area contributed by atoms with E-state index in [1.54, 1.807) is 0 Å². The largest absolute Gasteiger partial charge is 0.310 e. The van der Waals surface area contributed by atoms with E-state index in [1.165, 1.54) is 11.1 Å². The van der Waals surface area contributed by atoms with Gasteiger partial charge in [-0.05, 0) is 52.4 Å². The standard InChI is InChI=1S/C13H20N2/c1-9(2)6-13(14-5)12-7-10(3)15-11(4)8-12/h6-8,13-14H,1-5H3. The van der Waals surface area contributed by atoms with Crippen LogP contribution >= 0.6 is 0 Å². The van der Waals surface area contributed by atoms with E-state index >= 15 is 0 Å². The quantitative estimate of drug-likeness (QED) is 0.766. The highest BCUT2D eigenvalue weighted by Crippen LogP contribution is 2.17. The molecular weight excluding hydrogens is 184 g/mol. The lowest BCUT2D eigenvalue weighted by molar-refractivity contribution is 0.706. The number of rotatable bonds is 3. The number of aryl methyl sites for hydroxylation is 2. The highest BCUT2D eigenvalue weighted by atomic mass is 14.9. The van der Waals surface area contributed by atoms with Crippen molar-refractivity contribution in [1.82, 2.24) is 10.3 Å². The summed E-state index contributed by atoms with van der Waals surface area (Å²) in [5.41, 5.74) is 4.75. The van der Waals surface area contributed by atoms with Crippen LogP contribution in [0.25, 0.3) is 0 Å². The molecule has 0 spiro atoms. The van der Waals surface area contributed by atoms with Crippen molar-refractivity contribution in [1.29, 1.82) is 0 Å². The van der Waals surface area contributed by atoms with Gasteiger partial charge in [0.15, 0.2) is 0 Å². The molecule has 1 aromatic heterocycles. The molecule has 1 atom stereocenters. The fraction of sp³-hybridized carbons (Fsp3) is 0.462. The minimum absolute atomic E-state index is 0.287. The smallest absolute Gasteiger partial charge is 0.0507 e. The summed E-state index contributed by atoms with van der Waals surface area (Å²) in [4.78, 5) is 4.38. The number of nitrogens with zero attached hydrogens (tertiary/aromatic N) is 1. The van der Waals surface area contributed by atoms with Gasteiger partial charge in [0.25, 0.3) is 0 Å². The minimum atomic E-state index is 0.287. The molecule has 2 nitrogen and oxygen atoms in total.